The van der Waals surface area contributed by atoms with Gasteiger partial charge in [-0.1, -0.05) is 30.3 Å². The van der Waals surface area contributed by atoms with Crippen molar-refractivity contribution in [3.63, 3.8) is 0 Å². The van der Waals surface area contributed by atoms with Gasteiger partial charge in [0.2, 0.25) is 11.8 Å². The smallest absolute Gasteiger partial charge is 0.243 e. The van der Waals surface area contributed by atoms with Gasteiger partial charge < -0.3 is 5.73 Å². The molecule has 0 saturated carbocycles. The number of rotatable bonds is 5. The lowest BCUT2D eigenvalue weighted by Crippen LogP contribution is -2.51. The number of thioether (sulfide) groups is 1. The van der Waals surface area contributed by atoms with Crippen LogP contribution in [0.25, 0.3) is 0 Å². The highest BCUT2D eigenvalue weighted by Gasteiger charge is 2.38. The zero-order valence-electron chi connectivity index (χ0n) is 10.2. The molecule has 1 aliphatic heterocycles. The van der Waals surface area contributed by atoms with Crippen LogP contribution in [0.5, 0.6) is 0 Å². The minimum absolute atomic E-state index is 0.0534. The number of imide groups is 1. The molecular weight excluding hydrogens is 248 g/mol. The molecule has 0 bridgehead atoms. The monoisotopic (exact) mass is 265 g/mol. The first-order valence-corrected chi connectivity index (χ1v) is 7.06. The summed E-state index contributed by atoms with van der Waals surface area (Å²) < 4.78 is 0. The lowest BCUT2D eigenvalue weighted by Gasteiger charge is -2.14. The van der Waals surface area contributed by atoms with Crippen molar-refractivity contribution in [1.29, 1.82) is 0 Å². The molecule has 18 heavy (non-hydrogen) atoms. The van der Waals surface area contributed by atoms with Crippen LogP contribution in [0.1, 0.15) is 12.0 Å². The Morgan fingerprint density at radius 1 is 1.28 bits per heavy atom. The molecule has 3 N–H and O–H groups in total. The maximum atomic E-state index is 12.1. The topological polar surface area (TPSA) is 65.0 Å². The van der Waals surface area contributed by atoms with Gasteiger partial charge in [-0.25, -0.2) is 0 Å². The van der Waals surface area contributed by atoms with E-state index in [9.17, 15) is 9.59 Å². The summed E-state index contributed by atoms with van der Waals surface area (Å²) >= 11 is 1.54. The second-order valence-electron chi connectivity index (χ2n) is 4.22. The lowest BCUT2D eigenvalue weighted by atomic mass is 10.2. The van der Waals surface area contributed by atoms with E-state index >= 15 is 0 Å². The Balaban J connectivity index is 2.01. The number of carbonyl (C=O) groups is 2. The normalized spacial score (nSPS) is 19.6. The zero-order valence-corrected chi connectivity index (χ0v) is 11.0. The zero-order chi connectivity index (χ0) is 13.0. The van der Waals surface area contributed by atoms with Crippen LogP contribution in [-0.2, 0) is 16.1 Å². The average Bonchev–Trinajstić information content (AvgIpc) is 2.65. The second-order valence-corrected chi connectivity index (χ2v) is 5.53. The Kier molecular flexibility index (Phi) is 4.38. The van der Waals surface area contributed by atoms with Crippen molar-refractivity contribution in [2.75, 3.05) is 12.3 Å². The van der Waals surface area contributed by atoms with Crippen molar-refractivity contribution < 1.29 is 15.3 Å². The van der Waals surface area contributed by atoms with Crippen LogP contribution in [-0.4, -0.2) is 34.3 Å². The molecule has 2 amide bonds. The van der Waals surface area contributed by atoms with Crippen molar-refractivity contribution in [3.05, 3.63) is 35.9 Å². The van der Waals surface area contributed by atoms with E-state index in [1.807, 2.05) is 30.3 Å². The van der Waals surface area contributed by atoms with E-state index in [1.165, 1.54) is 16.7 Å². The highest BCUT2D eigenvalue weighted by Crippen LogP contribution is 2.25. The number of quaternary nitrogens is 1. The van der Waals surface area contributed by atoms with Gasteiger partial charge in [0.15, 0.2) is 0 Å². The van der Waals surface area contributed by atoms with Gasteiger partial charge in [0, 0.05) is 12.2 Å². The summed E-state index contributed by atoms with van der Waals surface area (Å²) in [4.78, 5) is 25.3. The van der Waals surface area contributed by atoms with Crippen LogP contribution < -0.4 is 5.73 Å². The molecule has 0 radical (unpaired) electrons. The van der Waals surface area contributed by atoms with Crippen LogP contribution in [0.2, 0.25) is 0 Å². The first-order valence-electron chi connectivity index (χ1n) is 6.01. The largest absolute Gasteiger partial charge is 0.357 e. The Hall–Kier alpha value is -1.33. The van der Waals surface area contributed by atoms with Gasteiger partial charge >= 0.3 is 0 Å². The molecule has 1 heterocycles. The Morgan fingerprint density at radius 2 is 2.00 bits per heavy atom. The van der Waals surface area contributed by atoms with Gasteiger partial charge in [0.1, 0.15) is 0 Å². The van der Waals surface area contributed by atoms with Crippen LogP contribution in [0.15, 0.2) is 30.3 Å². The number of hydrogen-bond acceptors (Lipinski definition) is 3. The van der Waals surface area contributed by atoms with Crippen LogP contribution in [0.4, 0.5) is 0 Å². The fraction of sp³-hybridized carbons (Fsp3) is 0.385. The highest BCUT2D eigenvalue weighted by atomic mass is 32.2. The molecule has 1 aliphatic rings. The minimum Gasteiger partial charge on any atom is -0.357 e. The second kappa shape index (κ2) is 6.02. The summed E-state index contributed by atoms with van der Waals surface area (Å²) in [7, 11) is 0. The highest BCUT2D eigenvalue weighted by molar-refractivity contribution is 8.00. The summed E-state index contributed by atoms with van der Waals surface area (Å²) in [6.45, 7) is 1.17. The van der Waals surface area contributed by atoms with Gasteiger partial charge in [-0.2, -0.15) is 0 Å². The van der Waals surface area contributed by atoms with Crippen LogP contribution >= 0.6 is 11.8 Å². The third kappa shape index (κ3) is 2.91. The van der Waals surface area contributed by atoms with Crippen molar-refractivity contribution in [2.45, 2.75) is 18.2 Å². The van der Waals surface area contributed by atoms with Gasteiger partial charge in [0.05, 0.1) is 18.3 Å². The first-order chi connectivity index (χ1) is 8.72. The molecule has 1 fully saturated rings. The quantitative estimate of drug-likeness (QED) is 0.778. The molecule has 1 aromatic carbocycles. The van der Waals surface area contributed by atoms with Gasteiger partial charge in [-0.3, -0.25) is 14.5 Å². The molecule has 0 aliphatic carbocycles. The molecular formula is C13H17N2O2S+. The van der Waals surface area contributed by atoms with E-state index in [4.69, 9.17) is 0 Å². The molecule has 1 saturated heterocycles. The third-order valence-electron chi connectivity index (χ3n) is 2.85. The predicted molar refractivity (Wildman–Crippen MR) is 70.6 cm³/mol. The van der Waals surface area contributed by atoms with Crippen LogP contribution in [0, 0.1) is 0 Å². The maximum Gasteiger partial charge on any atom is 0.243 e. The van der Waals surface area contributed by atoms with Crippen molar-refractivity contribution >= 4 is 23.6 Å². The fourth-order valence-corrected chi connectivity index (χ4v) is 2.92. The number of nitrogens with zero attached hydrogens (tertiary/aromatic N) is 1. The third-order valence-corrected chi connectivity index (χ3v) is 4.14. The molecule has 1 aromatic rings. The number of likely N-dealkylation sites (tertiary alicyclic amines) is 1. The van der Waals surface area contributed by atoms with E-state index in [0.717, 1.165) is 17.9 Å². The number of carbonyl (C=O) groups excluding carboxylic acids is 2. The summed E-state index contributed by atoms with van der Waals surface area (Å²) in [6.07, 6.45) is 0.330. The number of amides is 2. The van der Waals surface area contributed by atoms with Crippen LogP contribution in [0.3, 0.4) is 0 Å². The molecule has 2 rings (SSSR count). The van der Waals surface area contributed by atoms with E-state index < -0.39 is 0 Å². The summed E-state index contributed by atoms with van der Waals surface area (Å²) in [6, 6.07) is 9.60. The maximum absolute atomic E-state index is 12.1. The predicted octanol–water partition coefficient (Wildman–Crippen LogP) is 0.289. The lowest BCUT2D eigenvalue weighted by molar-refractivity contribution is -0.360. The standard InChI is InChI=1S/C13H16N2O2S/c14-6-7-18-11-8-12(16)15(13(11)17)9-10-4-2-1-3-5-10/h1-5,11H,6-9,14H2/p+1/t11-/m0/s1. The van der Waals surface area contributed by atoms with E-state index in [2.05, 4.69) is 5.73 Å². The molecule has 1 atom stereocenters. The van der Waals surface area contributed by atoms with Crippen molar-refractivity contribution in [3.8, 4) is 0 Å². The first kappa shape index (κ1) is 13.1. The summed E-state index contributed by atoms with van der Waals surface area (Å²) in [5, 5.41) is -0.206. The summed E-state index contributed by atoms with van der Waals surface area (Å²) in [5.74, 6) is 0.704. The van der Waals surface area contributed by atoms with Gasteiger partial charge in [0.25, 0.3) is 0 Å². The Labute approximate surface area is 111 Å². The minimum atomic E-state index is -0.206. The summed E-state index contributed by atoms with van der Waals surface area (Å²) in [5.41, 5.74) is 4.73. The molecule has 0 unspecified atom stereocenters. The molecule has 96 valence electrons. The van der Waals surface area contributed by atoms with Gasteiger partial charge in [-0.05, 0) is 5.56 Å². The van der Waals surface area contributed by atoms with Crippen molar-refractivity contribution in [2.24, 2.45) is 0 Å². The Morgan fingerprint density at radius 3 is 2.67 bits per heavy atom. The molecule has 0 aromatic heterocycles. The number of hydrogen-bond donors (Lipinski definition) is 1. The van der Waals surface area contributed by atoms with E-state index in [-0.39, 0.29) is 17.1 Å². The SMILES string of the molecule is [NH3+]CCS[C@H]1CC(=O)N(Cc2ccccc2)C1=O. The number of benzene rings is 1. The van der Waals surface area contributed by atoms with E-state index in [0.29, 0.717) is 13.0 Å². The average molecular weight is 265 g/mol. The molecule has 0 spiro atoms. The van der Waals surface area contributed by atoms with Crippen molar-refractivity contribution in [1.82, 2.24) is 4.90 Å². The fourth-order valence-electron chi connectivity index (χ4n) is 1.94. The Bertz CT molecular complexity index is 436. The van der Waals surface area contributed by atoms with Gasteiger partial charge in [-0.15, -0.1) is 11.8 Å². The molecule has 4 nitrogen and oxygen atoms in total. The molecule has 5 heteroatoms. The van der Waals surface area contributed by atoms with E-state index in [1.54, 1.807) is 0 Å².